The van der Waals surface area contributed by atoms with Crippen molar-refractivity contribution in [1.29, 1.82) is 0 Å². The average molecular weight is 311 g/mol. The fraction of sp³-hybridized carbons (Fsp3) is 0.800. The van der Waals surface area contributed by atoms with Gasteiger partial charge in [-0.15, -0.1) is 0 Å². The molecule has 0 radical (unpaired) electrons. The lowest BCUT2D eigenvalue weighted by Crippen LogP contribution is -2.54. The second kappa shape index (κ2) is 6.54. The largest absolute Gasteiger partial charge is 0.453 e. The fourth-order valence-corrected chi connectivity index (χ4v) is 3.41. The zero-order valence-corrected chi connectivity index (χ0v) is 13.6. The van der Waals surface area contributed by atoms with Crippen LogP contribution in [0.15, 0.2) is 0 Å². The van der Waals surface area contributed by atoms with E-state index in [1.165, 1.54) is 7.11 Å². The van der Waals surface area contributed by atoms with Crippen LogP contribution in [0.3, 0.4) is 0 Å². The zero-order chi connectivity index (χ0) is 16.3. The van der Waals surface area contributed by atoms with E-state index >= 15 is 0 Å². The van der Waals surface area contributed by atoms with Gasteiger partial charge in [-0.3, -0.25) is 9.59 Å². The van der Waals surface area contributed by atoms with Gasteiger partial charge in [0.05, 0.1) is 7.11 Å². The van der Waals surface area contributed by atoms with Gasteiger partial charge in [-0.1, -0.05) is 0 Å². The summed E-state index contributed by atoms with van der Waals surface area (Å²) < 4.78 is 4.51. The first kappa shape index (κ1) is 16.6. The Morgan fingerprint density at radius 3 is 2.45 bits per heavy atom. The second-order valence-corrected chi connectivity index (χ2v) is 6.43. The van der Waals surface area contributed by atoms with E-state index in [4.69, 9.17) is 0 Å². The van der Waals surface area contributed by atoms with Crippen molar-refractivity contribution in [1.82, 2.24) is 15.1 Å². The van der Waals surface area contributed by atoms with Crippen LogP contribution in [0.1, 0.15) is 32.6 Å². The normalized spacial score (nSPS) is 22.4. The van der Waals surface area contributed by atoms with E-state index in [1.54, 1.807) is 11.8 Å². The summed E-state index contributed by atoms with van der Waals surface area (Å²) in [6, 6.07) is -0.586. The van der Waals surface area contributed by atoms with Crippen molar-refractivity contribution in [3.63, 3.8) is 0 Å². The molecule has 0 bridgehead atoms. The van der Waals surface area contributed by atoms with E-state index in [9.17, 15) is 14.4 Å². The highest BCUT2D eigenvalue weighted by atomic mass is 16.5. The van der Waals surface area contributed by atoms with Gasteiger partial charge in [-0.05, 0) is 31.6 Å². The molecule has 1 spiro atoms. The number of carbonyl (C=O) groups excluding carboxylic acids is 3. The van der Waals surface area contributed by atoms with Crippen molar-refractivity contribution in [2.24, 2.45) is 5.41 Å². The summed E-state index contributed by atoms with van der Waals surface area (Å²) in [7, 11) is 3.13. The molecular weight excluding hydrogens is 286 g/mol. The van der Waals surface area contributed by atoms with Crippen molar-refractivity contribution in [2.75, 3.05) is 33.8 Å². The van der Waals surface area contributed by atoms with Crippen LogP contribution in [0.5, 0.6) is 0 Å². The summed E-state index contributed by atoms with van der Waals surface area (Å²) in [4.78, 5) is 38.7. The average Bonchev–Trinajstić information content (AvgIpc) is 2.51. The molecule has 2 saturated heterocycles. The lowest BCUT2D eigenvalue weighted by atomic mass is 9.72. The molecule has 0 aromatic heterocycles. The van der Waals surface area contributed by atoms with Gasteiger partial charge in [0.25, 0.3) is 0 Å². The number of nitrogens with one attached hydrogen (secondary N) is 1. The highest BCUT2D eigenvalue weighted by Gasteiger charge is 2.41. The van der Waals surface area contributed by atoms with Crippen molar-refractivity contribution < 1.29 is 19.1 Å². The van der Waals surface area contributed by atoms with Crippen LogP contribution in [-0.2, 0) is 14.3 Å². The molecule has 2 aliphatic heterocycles. The summed E-state index contributed by atoms with van der Waals surface area (Å²) >= 11 is 0. The van der Waals surface area contributed by atoms with E-state index in [2.05, 4.69) is 10.1 Å². The summed E-state index contributed by atoms with van der Waals surface area (Å²) in [6.45, 7) is 3.79. The first-order valence-electron chi connectivity index (χ1n) is 7.74. The number of nitrogens with zero attached hydrogens (tertiary/aromatic N) is 2. The Kier molecular flexibility index (Phi) is 4.93. The maximum absolute atomic E-state index is 12.3. The Hall–Kier alpha value is -1.79. The lowest BCUT2D eigenvalue weighted by Gasteiger charge is -2.46. The number of amides is 3. The summed E-state index contributed by atoms with van der Waals surface area (Å²) in [6.07, 6.45) is 2.73. The van der Waals surface area contributed by atoms with Gasteiger partial charge in [0.15, 0.2) is 0 Å². The lowest BCUT2D eigenvalue weighted by molar-refractivity contribution is -0.141. The molecule has 0 aliphatic carbocycles. The highest BCUT2D eigenvalue weighted by molar-refractivity contribution is 5.85. The van der Waals surface area contributed by atoms with Crippen molar-refractivity contribution >= 4 is 17.9 Å². The number of alkyl carbamates (subject to hydrolysis) is 1. The van der Waals surface area contributed by atoms with Crippen LogP contribution >= 0.6 is 0 Å². The number of methoxy groups -OCH3 is 1. The number of carbonyl (C=O) groups is 3. The third kappa shape index (κ3) is 3.51. The third-order valence-corrected chi connectivity index (χ3v) is 4.89. The first-order chi connectivity index (χ1) is 10.4. The molecular formula is C15H25N3O4. The monoisotopic (exact) mass is 311 g/mol. The minimum atomic E-state index is -0.596. The van der Waals surface area contributed by atoms with E-state index in [0.29, 0.717) is 19.5 Å². The molecule has 2 rings (SSSR count). The van der Waals surface area contributed by atoms with Crippen LogP contribution < -0.4 is 5.32 Å². The molecule has 2 heterocycles. The Morgan fingerprint density at radius 1 is 1.27 bits per heavy atom. The van der Waals surface area contributed by atoms with Gasteiger partial charge in [0.2, 0.25) is 11.8 Å². The molecule has 2 aliphatic rings. The number of rotatable bonds is 2. The van der Waals surface area contributed by atoms with E-state index in [-0.39, 0.29) is 17.2 Å². The molecule has 0 saturated carbocycles. The van der Waals surface area contributed by atoms with Gasteiger partial charge < -0.3 is 19.9 Å². The van der Waals surface area contributed by atoms with Crippen molar-refractivity contribution in [3.8, 4) is 0 Å². The van der Waals surface area contributed by atoms with Crippen LogP contribution in [0.4, 0.5) is 4.79 Å². The van der Waals surface area contributed by atoms with E-state index in [1.807, 2.05) is 11.9 Å². The smallest absolute Gasteiger partial charge is 0.407 e. The van der Waals surface area contributed by atoms with Crippen LogP contribution in [-0.4, -0.2) is 67.5 Å². The van der Waals surface area contributed by atoms with Crippen molar-refractivity contribution in [2.45, 2.75) is 38.6 Å². The molecule has 1 atom stereocenters. The predicted octanol–water partition coefficient (Wildman–Crippen LogP) is 0.592. The van der Waals surface area contributed by atoms with Crippen LogP contribution in [0.25, 0.3) is 0 Å². The molecule has 7 nitrogen and oxygen atoms in total. The second-order valence-electron chi connectivity index (χ2n) is 6.43. The maximum Gasteiger partial charge on any atom is 0.407 e. The molecule has 1 unspecified atom stereocenters. The molecule has 3 amide bonds. The van der Waals surface area contributed by atoms with Gasteiger partial charge in [0.1, 0.15) is 6.04 Å². The third-order valence-electron chi connectivity index (χ3n) is 4.89. The number of piperidine rings is 2. The van der Waals surface area contributed by atoms with Crippen molar-refractivity contribution in [3.05, 3.63) is 0 Å². The molecule has 2 fully saturated rings. The molecule has 22 heavy (non-hydrogen) atoms. The number of ether oxygens (including phenoxy) is 1. The van der Waals surface area contributed by atoms with E-state index in [0.717, 1.165) is 25.8 Å². The molecule has 124 valence electrons. The Bertz CT molecular complexity index is 458. The molecule has 1 N–H and O–H groups in total. The Labute approximate surface area is 131 Å². The quantitative estimate of drug-likeness (QED) is 0.809. The number of likely N-dealkylation sites (tertiary alicyclic amines) is 2. The van der Waals surface area contributed by atoms with Gasteiger partial charge in [-0.25, -0.2) is 4.79 Å². The standard InChI is InChI=1S/C15H25N3O4/c1-11(16-14(21)22-3)13(20)18-8-6-15(7-9-18)5-4-12(19)17(2)10-15/h11H,4-10H2,1-3H3,(H,16,21). The van der Waals surface area contributed by atoms with Crippen LogP contribution in [0.2, 0.25) is 0 Å². The summed E-state index contributed by atoms with van der Waals surface area (Å²) in [5.74, 6) is 0.125. The summed E-state index contributed by atoms with van der Waals surface area (Å²) in [5.41, 5.74) is 0.151. The minimum Gasteiger partial charge on any atom is -0.453 e. The first-order valence-corrected chi connectivity index (χ1v) is 7.74. The molecule has 0 aromatic carbocycles. The van der Waals surface area contributed by atoms with E-state index < -0.39 is 12.1 Å². The van der Waals surface area contributed by atoms with Gasteiger partial charge in [0, 0.05) is 33.1 Å². The Balaban J connectivity index is 1.88. The molecule has 7 heteroatoms. The summed E-state index contributed by atoms with van der Waals surface area (Å²) in [5, 5.41) is 2.51. The zero-order valence-electron chi connectivity index (χ0n) is 13.6. The fourth-order valence-electron chi connectivity index (χ4n) is 3.41. The Morgan fingerprint density at radius 2 is 1.91 bits per heavy atom. The maximum atomic E-state index is 12.3. The van der Waals surface area contributed by atoms with Gasteiger partial charge >= 0.3 is 6.09 Å². The SMILES string of the molecule is COC(=O)NC(C)C(=O)N1CCC2(CCC(=O)N(C)C2)CC1. The molecule has 0 aromatic rings. The van der Waals surface area contributed by atoms with Crippen LogP contribution in [0, 0.1) is 5.41 Å². The number of hydrogen-bond acceptors (Lipinski definition) is 4. The highest BCUT2D eigenvalue weighted by Crippen LogP contribution is 2.39. The minimum absolute atomic E-state index is 0.0829. The number of hydrogen-bond donors (Lipinski definition) is 1. The predicted molar refractivity (Wildman–Crippen MR) is 80.1 cm³/mol. The van der Waals surface area contributed by atoms with Gasteiger partial charge in [-0.2, -0.15) is 0 Å². The topological polar surface area (TPSA) is 79.0 Å².